The first-order valence-electron chi connectivity index (χ1n) is 2.81. The number of phenols is 1. The molecule has 0 atom stereocenters. The van der Waals surface area contributed by atoms with Gasteiger partial charge in [-0.25, -0.2) is 0 Å². The summed E-state index contributed by atoms with van der Waals surface area (Å²) >= 11 is 1.17. The van der Waals surface area contributed by atoms with Gasteiger partial charge < -0.3 is 0 Å². The van der Waals surface area contributed by atoms with E-state index in [1.807, 2.05) is 18.2 Å². The summed E-state index contributed by atoms with van der Waals surface area (Å²) in [6, 6.07) is 7.48. The minimum absolute atomic E-state index is 0.435. The molecule has 0 unspecified atom stereocenters. The second-order valence-electron chi connectivity index (χ2n) is 1.83. The maximum absolute atomic E-state index is 9.13. The molecule has 1 aromatic carbocycles. The van der Waals surface area contributed by atoms with Gasteiger partial charge in [-0.2, -0.15) is 0 Å². The average molecular weight is 227 g/mol. The molecular weight excluding hydrogens is 219 g/mol. The van der Waals surface area contributed by atoms with Crippen LogP contribution in [0.4, 0.5) is 0 Å². The van der Waals surface area contributed by atoms with Crippen molar-refractivity contribution in [2.75, 3.05) is 0 Å². The molecule has 9 heavy (non-hydrogen) atoms. The molecule has 0 fully saturated rings. The molecule has 0 bridgehead atoms. The van der Waals surface area contributed by atoms with Gasteiger partial charge in [0.1, 0.15) is 0 Å². The summed E-state index contributed by atoms with van der Waals surface area (Å²) < 4.78 is 1.03. The van der Waals surface area contributed by atoms with Crippen LogP contribution in [-0.4, -0.2) is 27.6 Å². The van der Waals surface area contributed by atoms with Gasteiger partial charge in [0.05, 0.1) is 0 Å². The maximum atomic E-state index is 9.13. The van der Waals surface area contributed by atoms with Crippen LogP contribution < -0.4 is 0 Å². The Kier molecular flexibility index (Phi) is 2.39. The number of rotatable bonds is 1. The summed E-state index contributed by atoms with van der Waals surface area (Å²) in [4.78, 5) is 0. The van der Waals surface area contributed by atoms with Crippen LogP contribution in [0.25, 0.3) is 0 Å². The average Bonchev–Trinajstić information content (AvgIpc) is 1.89. The number of phenolic OH excluding ortho intramolecular Hbond substituents is 1. The molecule has 0 spiro atoms. The zero-order valence-electron chi connectivity index (χ0n) is 5.04. The van der Waals surface area contributed by atoms with Gasteiger partial charge in [-0.05, 0) is 0 Å². The third-order valence-corrected chi connectivity index (χ3v) is 2.47. The summed E-state index contributed by atoms with van der Waals surface area (Å²) in [5.41, 5.74) is 1.07. The van der Waals surface area contributed by atoms with E-state index in [0.717, 1.165) is 10.0 Å². The second kappa shape index (κ2) is 3.11. The normalized spacial score (nSPS) is 9.44. The molecule has 0 aromatic heterocycles. The summed E-state index contributed by atoms with van der Waals surface area (Å²) in [6.45, 7) is 0. The predicted octanol–water partition coefficient (Wildman–Crippen LogP) is 0.793. The van der Waals surface area contributed by atoms with Crippen LogP contribution >= 0.6 is 0 Å². The number of hydrogen-bond donors (Lipinski definition) is 1. The molecule has 2 radical (unpaired) electrons. The van der Waals surface area contributed by atoms with Crippen molar-refractivity contribution in [1.29, 1.82) is 0 Å². The van der Waals surface area contributed by atoms with Gasteiger partial charge in [0.2, 0.25) is 0 Å². The van der Waals surface area contributed by atoms with Gasteiger partial charge >= 0.3 is 67.6 Å². The summed E-state index contributed by atoms with van der Waals surface area (Å²) in [6.07, 6.45) is 0. The number of para-hydroxylation sites is 1. The van der Waals surface area contributed by atoms with E-state index >= 15 is 0 Å². The molecule has 0 saturated carbocycles. The third-order valence-electron chi connectivity index (χ3n) is 1.21. The van der Waals surface area contributed by atoms with E-state index in [1.54, 1.807) is 6.07 Å². The SMILES string of the molecule is Oc1ccccc1[CH2][SnH]. The van der Waals surface area contributed by atoms with Gasteiger partial charge in [0, 0.05) is 0 Å². The van der Waals surface area contributed by atoms with Crippen LogP contribution in [0.15, 0.2) is 24.3 Å². The van der Waals surface area contributed by atoms with E-state index in [9.17, 15) is 0 Å². The van der Waals surface area contributed by atoms with Crippen molar-refractivity contribution in [3.05, 3.63) is 29.8 Å². The van der Waals surface area contributed by atoms with E-state index < -0.39 is 0 Å². The number of benzene rings is 1. The van der Waals surface area contributed by atoms with Crippen LogP contribution in [-0.2, 0) is 4.44 Å². The van der Waals surface area contributed by atoms with Crippen molar-refractivity contribution in [3.63, 3.8) is 0 Å². The Morgan fingerprint density at radius 1 is 1.33 bits per heavy atom. The molecule has 1 nitrogen and oxygen atoms in total. The molecule has 2 heteroatoms. The van der Waals surface area contributed by atoms with Gasteiger partial charge in [-0.1, -0.05) is 0 Å². The fourth-order valence-electron chi connectivity index (χ4n) is 0.683. The van der Waals surface area contributed by atoms with Crippen LogP contribution in [0.2, 0.25) is 0 Å². The monoisotopic (exact) mass is 228 g/mol. The Balaban J connectivity index is 3.01. The van der Waals surface area contributed by atoms with Crippen LogP contribution in [0.1, 0.15) is 5.56 Å². The molecule has 46 valence electrons. The molecule has 0 aliphatic carbocycles. The zero-order chi connectivity index (χ0) is 6.69. The van der Waals surface area contributed by atoms with E-state index in [0.29, 0.717) is 5.75 Å². The molecule has 1 aromatic rings. The topological polar surface area (TPSA) is 20.2 Å². The molecule has 1 rings (SSSR count). The van der Waals surface area contributed by atoms with Crippen LogP contribution in [0.5, 0.6) is 5.75 Å². The van der Waals surface area contributed by atoms with E-state index in [1.165, 1.54) is 22.5 Å². The standard InChI is InChI=1S/C7H7O.Sn.H/c1-6-4-2-3-5-7(6)8;;/h2-5,8H,1H2;;. The Bertz CT molecular complexity index is 198. The van der Waals surface area contributed by atoms with E-state index in [4.69, 9.17) is 5.11 Å². The fraction of sp³-hybridized carbons (Fsp3) is 0.143. The second-order valence-corrected chi connectivity index (χ2v) is 3.00. The van der Waals surface area contributed by atoms with E-state index in [2.05, 4.69) is 0 Å². The van der Waals surface area contributed by atoms with Gasteiger partial charge in [0.15, 0.2) is 0 Å². The van der Waals surface area contributed by atoms with Crippen molar-refractivity contribution in [3.8, 4) is 5.75 Å². The Labute approximate surface area is 67.8 Å². The molecule has 1 N–H and O–H groups in total. The van der Waals surface area contributed by atoms with Crippen LogP contribution in [0, 0.1) is 0 Å². The van der Waals surface area contributed by atoms with Crippen molar-refractivity contribution in [2.24, 2.45) is 0 Å². The minimum atomic E-state index is 0.435. The van der Waals surface area contributed by atoms with Gasteiger partial charge in [-0.15, -0.1) is 0 Å². The van der Waals surface area contributed by atoms with Crippen molar-refractivity contribution in [1.82, 2.24) is 0 Å². The predicted molar refractivity (Wildman–Crippen MR) is 39.0 cm³/mol. The quantitative estimate of drug-likeness (QED) is 0.703. The van der Waals surface area contributed by atoms with Gasteiger partial charge in [0.25, 0.3) is 0 Å². The van der Waals surface area contributed by atoms with Crippen molar-refractivity contribution in [2.45, 2.75) is 4.44 Å². The third kappa shape index (κ3) is 1.61. The van der Waals surface area contributed by atoms with Crippen LogP contribution in [0.3, 0.4) is 0 Å². The Hall–Kier alpha value is -0.181. The Morgan fingerprint density at radius 2 is 2.00 bits per heavy atom. The molecule has 0 amide bonds. The Morgan fingerprint density at radius 3 is 2.44 bits per heavy atom. The summed E-state index contributed by atoms with van der Waals surface area (Å²) in [7, 11) is 0. The fourth-order valence-corrected chi connectivity index (χ4v) is 1.67. The first-order chi connectivity index (χ1) is 4.34. The molecule has 0 aliphatic heterocycles. The van der Waals surface area contributed by atoms with Crippen molar-refractivity contribution >= 4 is 22.5 Å². The molecule has 0 saturated heterocycles. The summed E-state index contributed by atoms with van der Waals surface area (Å²) in [5.74, 6) is 0.435. The first kappa shape index (κ1) is 6.93. The first-order valence-corrected chi connectivity index (χ1v) is 5.14. The zero-order valence-corrected chi connectivity index (χ0v) is 8.34. The summed E-state index contributed by atoms with van der Waals surface area (Å²) in [5, 5.41) is 9.13. The number of hydrogen-bond acceptors (Lipinski definition) is 1. The van der Waals surface area contributed by atoms with Gasteiger partial charge in [-0.3, -0.25) is 0 Å². The molecule has 0 heterocycles. The number of aromatic hydroxyl groups is 1. The molecular formula is C7H8OSn. The molecule has 0 aliphatic rings. The van der Waals surface area contributed by atoms with Crippen molar-refractivity contribution < 1.29 is 5.11 Å². The van der Waals surface area contributed by atoms with E-state index in [-0.39, 0.29) is 0 Å².